The fourth-order valence-corrected chi connectivity index (χ4v) is 2.41. The zero-order valence-corrected chi connectivity index (χ0v) is 11.4. The van der Waals surface area contributed by atoms with Crippen molar-refractivity contribution < 1.29 is 9.21 Å². The predicted molar refractivity (Wildman–Crippen MR) is 70.8 cm³/mol. The van der Waals surface area contributed by atoms with E-state index in [0.29, 0.717) is 5.58 Å². The molecule has 0 fully saturated rings. The normalized spacial score (nSPS) is 10.8. The number of hydrogen-bond donors (Lipinski definition) is 2. The van der Waals surface area contributed by atoms with Crippen LogP contribution >= 0.6 is 15.9 Å². The molecule has 7 nitrogen and oxygen atoms in total. The van der Waals surface area contributed by atoms with Crippen LogP contribution in [-0.2, 0) is 0 Å². The molecule has 96 valence electrons. The SMILES string of the molecule is Cc1cc(Br)c2oc(C(=O)Nc3nn[nH]n3)cc2c1. The number of tetrazole rings is 1. The van der Waals surface area contributed by atoms with Gasteiger partial charge in [-0.3, -0.25) is 10.1 Å². The van der Waals surface area contributed by atoms with E-state index in [9.17, 15) is 4.79 Å². The summed E-state index contributed by atoms with van der Waals surface area (Å²) in [6, 6.07) is 5.53. The molecule has 0 saturated carbocycles. The van der Waals surface area contributed by atoms with E-state index in [-0.39, 0.29) is 11.7 Å². The molecule has 3 aromatic rings. The molecule has 0 bridgehead atoms. The Kier molecular flexibility index (Phi) is 2.79. The fourth-order valence-electron chi connectivity index (χ4n) is 1.74. The van der Waals surface area contributed by atoms with E-state index in [1.165, 1.54) is 0 Å². The van der Waals surface area contributed by atoms with E-state index in [1.54, 1.807) is 6.07 Å². The van der Waals surface area contributed by atoms with Gasteiger partial charge < -0.3 is 4.42 Å². The number of aromatic amines is 1. The largest absolute Gasteiger partial charge is 0.450 e. The van der Waals surface area contributed by atoms with Crippen molar-refractivity contribution in [3.05, 3.63) is 34.0 Å². The number of carbonyl (C=O) groups excluding carboxylic acids is 1. The lowest BCUT2D eigenvalue weighted by Crippen LogP contribution is -2.11. The van der Waals surface area contributed by atoms with Gasteiger partial charge in [0.25, 0.3) is 11.9 Å². The van der Waals surface area contributed by atoms with Crippen molar-refractivity contribution in [3.8, 4) is 0 Å². The third-order valence-electron chi connectivity index (χ3n) is 2.51. The number of furan rings is 1. The summed E-state index contributed by atoms with van der Waals surface area (Å²) in [5.41, 5.74) is 1.70. The lowest BCUT2D eigenvalue weighted by molar-refractivity contribution is 0.0998. The van der Waals surface area contributed by atoms with E-state index < -0.39 is 5.91 Å². The van der Waals surface area contributed by atoms with Crippen LogP contribution in [-0.4, -0.2) is 26.5 Å². The van der Waals surface area contributed by atoms with Crippen LogP contribution in [0.5, 0.6) is 0 Å². The van der Waals surface area contributed by atoms with Crippen LogP contribution in [0.1, 0.15) is 16.1 Å². The van der Waals surface area contributed by atoms with Gasteiger partial charge in [-0.15, -0.1) is 5.10 Å². The van der Waals surface area contributed by atoms with Gasteiger partial charge in [0.1, 0.15) is 5.58 Å². The molecule has 0 radical (unpaired) electrons. The summed E-state index contributed by atoms with van der Waals surface area (Å²) in [5, 5.41) is 16.2. The number of anilines is 1. The Hall–Kier alpha value is -2.22. The van der Waals surface area contributed by atoms with E-state index in [1.807, 2.05) is 19.1 Å². The molecular formula is C11H8BrN5O2. The number of amides is 1. The number of nitrogens with zero attached hydrogens (tertiary/aromatic N) is 3. The van der Waals surface area contributed by atoms with Gasteiger partial charge in [0.2, 0.25) is 0 Å². The minimum atomic E-state index is -0.429. The summed E-state index contributed by atoms with van der Waals surface area (Å²) >= 11 is 3.41. The number of aryl methyl sites for hydroxylation is 1. The monoisotopic (exact) mass is 321 g/mol. The van der Waals surface area contributed by atoms with Crippen molar-refractivity contribution in [1.82, 2.24) is 20.6 Å². The third-order valence-corrected chi connectivity index (χ3v) is 3.10. The van der Waals surface area contributed by atoms with Gasteiger partial charge in [-0.1, -0.05) is 5.10 Å². The summed E-state index contributed by atoms with van der Waals surface area (Å²) in [6.45, 7) is 1.97. The van der Waals surface area contributed by atoms with Crippen molar-refractivity contribution in [2.24, 2.45) is 0 Å². The number of benzene rings is 1. The number of fused-ring (bicyclic) bond motifs is 1. The van der Waals surface area contributed by atoms with Gasteiger partial charge in [0.15, 0.2) is 5.76 Å². The maximum absolute atomic E-state index is 11.9. The van der Waals surface area contributed by atoms with Gasteiger partial charge >= 0.3 is 0 Å². The molecule has 19 heavy (non-hydrogen) atoms. The minimum Gasteiger partial charge on any atom is -0.450 e. The van der Waals surface area contributed by atoms with Crippen LogP contribution in [0.25, 0.3) is 11.0 Å². The average molecular weight is 322 g/mol. The molecule has 0 spiro atoms. The van der Waals surface area contributed by atoms with Crippen LogP contribution in [0.3, 0.4) is 0 Å². The second-order valence-electron chi connectivity index (χ2n) is 3.97. The zero-order valence-electron chi connectivity index (χ0n) is 9.77. The second-order valence-corrected chi connectivity index (χ2v) is 4.82. The van der Waals surface area contributed by atoms with Gasteiger partial charge in [0.05, 0.1) is 4.47 Å². The van der Waals surface area contributed by atoms with E-state index in [0.717, 1.165) is 15.4 Å². The molecule has 0 aliphatic heterocycles. The summed E-state index contributed by atoms with van der Waals surface area (Å²) < 4.78 is 6.33. The van der Waals surface area contributed by atoms with Crippen LogP contribution in [0, 0.1) is 6.92 Å². The van der Waals surface area contributed by atoms with Gasteiger partial charge in [-0.25, -0.2) is 0 Å². The second kappa shape index (κ2) is 4.47. The first-order valence-electron chi connectivity index (χ1n) is 5.38. The zero-order chi connectivity index (χ0) is 13.4. The number of halogens is 1. The molecule has 1 aromatic carbocycles. The molecule has 0 aliphatic rings. The molecule has 0 aliphatic carbocycles. The van der Waals surface area contributed by atoms with Gasteiger partial charge in [-0.05, 0) is 51.8 Å². The van der Waals surface area contributed by atoms with Gasteiger partial charge in [-0.2, -0.15) is 5.21 Å². The quantitative estimate of drug-likeness (QED) is 0.754. The Labute approximate surface area is 115 Å². The van der Waals surface area contributed by atoms with Gasteiger partial charge in [0, 0.05) is 5.39 Å². The van der Waals surface area contributed by atoms with Crippen LogP contribution in [0.15, 0.2) is 27.1 Å². The Bertz CT molecular complexity index is 750. The number of H-pyrrole nitrogens is 1. The van der Waals surface area contributed by atoms with Crippen LogP contribution in [0.2, 0.25) is 0 Å². The molecule has 0 saturated heterocycles. The van der Waals surface area contributed by atoms with E-state index >= 15 is 0 Å². The highest BCUT2D eigenvalue weighted by molar-refractivity contribution is 9.10. The Morgan fingerprint density at radius 3 is 3.00 bits per heavy atom. The third kappa shape index (κ3) is 2.22. The highest BCUT2D eigenvalue weighted by Crippen LogP contribution is 2.28. The van der Waals surface area contributed by atoms with Crippen molar-refractivity contribution >= 4 is 38.8 Å². The molecule has 8 heteroatoms. The van der Waals surface area contributed by atoms with E-state index in [2.05, 4.69) is 41.9 Å². The lowest BCUT2D eigenvalue weighted by Gasteiger charge is -1.96. The van der Waals surface area contributed by atoms with Crippen molar-refractivity contribution in [2.75, 3.05) is 5.32 Å². The smallest absolute Gasteiger partial charge is 0.293 e. The Balaban J connectivity index is 1.97. The molecule has 0 unspecified atom stereocenters. The van der Waals surface area contributed by atoms with Crippen molar-refractivity contribution in [3.63, 3.8) is 0 Å². The number of aromatic nitrogens is 4. The highest BCUT2D eigenvalue weighted by Gasteiger charge is 2.15. The number of nitrogens with one attached hydrogen (secondary N) is 2. The lowest BCUT2D eigenvalue weighted by atomic mass is 10.2. The molecule has 3 rings (SSSR count). The first kappa shape index (κ1) is 11.8. The average Bonchev–Trinajstić information content (AvgIpc) is 2.97. The van der Waals surface area contributed by atoms with Crippen molar-refractivity contribution in [2.45, 2.75) is 6.92 Å². The van der Waals surface area contributed by atoms with Crippen molar-refractivity contribution in [1.29, 1.82) is 0 Å². The topological polar surface area (TPSA) is 96.7 Å². The molecular weight excluding hydrogens is 314 g/mol. The minimum absolute atomic E-state index is 0.0979. The maximum atomic E-state index is 11.9. The predicted octanol–water partition coefficient (Wildman–Crippen LogP) is 2.27. The number of carbonyl (C=O) groups is 1. The summed E-state index contributed by atoms with van der Waals surface area (Å²) in [6.07, 6.45) is 0. The summed E-state index contributed by atoms with van der Waals surface area (Å²) in [7, 11) is 0. The molecule has 2 heterocycles. The molecule has 0 atom stereocenters. The summed E-state index contributed by atoms with van der Waals surface area (Å²) in [4.78, 5) is 11.9. The molecule has 1 amide bonds. The van der Waals surface area contributed by atoms with E-state index in [4.69, 9.17) is 4.42 Å². The first-order valence-corrected chi connectivity index (χ1v) is 6.17. The fraction of sp³-hybridized carbons (Fsp3) is 0.0909. The molecule has 2 N–H and O–H groups in total. The number of rotatable bonds is 2. The standard InChI is InChI=1S/C11H8BrN5O2/c1-5-2-6-4-8(19-9(6)7(12)3-5)10(18)13-11-14-16-17-15-11/h2-4H,1H3,(H2,13,14,15,16,17,18). The van der Waals surface area contributed by atoms with Crippen LogP contribution in [0.4, 0.5) is 5.95 Å². The maximum Gasteiger partial charge on any atom is 0.293 e. The Morgan fingerprint density at radius 1 is 1.42 bits per heavy atom. The summed E-state index contributed by atoms with van der Waals surface area (Å²) in [5.74, 6) is -0.144. The highest BCUT2D eigenvalue weighted by atomic mass is 79.9. The Morgan fingerprint density at radius 2 is 2.26 bits per heavy atom. The molecule has 2 aromatic heterocycles. The number of hydrogen-bond acceptors (Lipinski definition) is 5. The first-order chi connectivity index (χ1) is 9.13. The van der Waals surface area contributed by atoms with Crippen LogP contribution < -0.4 is 5.32 Å².